The van der Waals surface area contributed by atoms with Gasteiger partial charge in [-0.2, -0.15) is 0 Å². The highest BCUT2D eigenvalue weighted by Gasteiger charge is 2.27. The van der Waals surface area contributed by atoms with Crippen molar-refractivity contribution in [1.29, 1.82) is 0 Å². The molecule has 9 nitrogen and oxygen atoms in total. The van der Waals surface area contributed by atoms with Gasteiger partial charge in [-0.25, -0.2) is 4.57 Å². The summed E-state index contributed by atoms with van der Waals surface area (Å²) in [6, 6.07) is 0. The van der Waals surface area contributed by atoms with Gasteiger partial charge in [-0.3, -0.25) is 18.6 Å². The maximum Gasteiger partial charge on any atom is 0.472 e. The van der Waals surface area contributed by atoms with Crippen LogP contribution in [0.25, 0.3) is 0 Å². The highest BCUT2D eigenvalue weighted by atomic mass is 31.2. The second-order valence-corrected chi connectivity index (χ2v) is 27.8. The molecule has 2 atom stereocenters. The Bertz CT molecular complexity index is 1510. The van der Waals surface area contributed by atoms with Crippen molar-refractivity contribution < 1.29 is 42.1 Å². The van der Waals surface area contributed by atoms with Crippen molar-refractivity contribution >= 4 is 19.8 Å². The Morgan fingerprint density at radius 3 is 0.952 bits per heavy atom. The minimum atomic E-state index is -4.39. The average Bonchev–Trinajstić information content (AvgIpc) is 3.61. The number of quaternary nitrogens is 1. The van der Waals surface area contributed by atoms with E-state index >= 15 is 0 Å². The maximum absolute atomic E-state index is 12.9. The molecule has 0 aliphatic rings. The molecule has 0 aromatic heterocycles. The summed E-state index contributed by atoms with van der Waals surface area (Å²) in [5.41, 5.74) is 0. The Morgan fingerprint density at radius 2 is 0.643 bits per heavy atom. The normalized spacial score (nSPS) is 13.3. The molecule has 2 unspecified atom stereocenters. The lowest BCUT2D eigenvalue weighted by Crippen LogP contribution is -2.37. The van der Waals surface area contributed by atoms with Gasteiger partial charge in [0.05, 0.1) is 27.7 Å². The number of ether oxygens (including phenoxy) is 2. The van der Waals surface area contributed by atoms with Gasteiger partial charge in [0.2, 0.25) is 0 Å². The first-order valence-corrected chi connectivity index (χ1v) is 38.2. The fourth-order valence-electron chi connectivity index (χ4n) is 11.0. The number of hydrogen-bond acceptors (Lipinski definition) is 7. The van der Waals surface area contributed by atoms with E-state index < -0.39 is 26.5 Å². The lowest BCUT2D eigenvalue weighted by atomic mass is 10.0. The predicted octanol–water partition coefficient (Wildman–Crippen LogP) is 23.8. The summed E-state index contributed by atoms with van der Waals surface area (Å²) in [5.74, 6) is -0.777. The van der Waals surface area contributed by atoms with Gasteiger partial charge >= 0.3 is 19.8 Å². The zero-order valence-electron chi connectivity index (χ0n) is 56.7. The van der Waals surface area contributed by atoms with E-state index in [1.807, 2.05) is 21.1 Å². The number of phosphoric acid groups is 1. The van der Waals surface area contributed by atoms with Crippen molar-refractivity contribution in [3.8, 4) is 0 Å². The van der Waals surface area contributed by atoms with Crippen molar-refractivity contribution in [2.45, 2.75) is 380 Å². The largest absolute Gasteiger partial charge is 0.472 e. The lowest BCUT2D eigenvalue weighted by molar-refractivity contribution is -0.870. The molecule has 84 heavy (non-hydrogen) atoms. The third-order valence-corrected chi connectivity index (χ3v) is 17.7. The first-order valence-electron chi connectivity index (χ1n) is 36.7. The van der Waals surface area contributed by atoms with Gasteiger partial charge in [0.1, 0.15) is 19.8 Å². The summed E-state index contributed by atoms with van der Waals surface area (Å²) in [6.07, 6.45) is 84.1. The highest BCUT2D eigenvalue weighted by molar-refractivity contribution is 7.47. The molecule has 0 saturated carbocycles. The first-order chi connectivity index (χ1) is 41.0. The molecule has 1 N–H and O–H groups in total. The zero-order valence-corrected chi connectivity index (χ0v) is 57.6. The number of hydrogen-bond donors (Lipinski definition) is 1. The molecule has 0 amide bonds. The van der Waals surface area contributed by atoms with Gasteiger partial charge in [-0.15, -0.1) is 0 Å². The third-order valence-electron chi connectivity index (χ3n) is 16.7. The van der Waals surface area contributed by atoms with Gasteiger partial charge in [0, 0.05) is 12.8 Å². The topological polar surface area (TPSA) is 108 Å². The van der Waals surface area contributed by atoms with Crippen LogP contribution in [-0.4, -0.2) is 74.9 Å². The van der Waals surface area contributed by atoms with E-state index in [4.69, 9.17) is 18.5 Å². The molecule has 0 fully saturated rings. The van der Waals surface area contributed by atoms with E-state index in [0.717, 1.165) is 44.9 Å². The van der Waals surface area contributed by atoms with Crippen molar-refractivity contribution in [3.05, 3.63) is 36.5 Å². The Kier molecular flexibility index (Phi) is 64.3. The minimum Gasteiger partial charge on any atom is -0.462 e. The molecule has 0 radical (unpaired) electrons. The van der Waals surface area contributed by atoms with E-state index in [9.17, 15) is 19.0 Å². The molecule has 0 heterocycles. The van der Waals surface area contributed by atoms with Gasteiger partial charge in [0.25, 0.3) is 0 Å². The van der Waals surface area contributed by atoms with Crippen LogP contribution in [0.3, 0.4) is 0 Å². The van der Waals surface area contributed by atoms with Crippen LogP contribution in [0.1, 0.15) is 373 Å². The number of unbranched alkanes of at least 4 members (excludes halogenated alkanes) is 49. The number of esters is 2. The van der Waals surface area contributed by atoms with E-state index in [2.05, 4.69) is 50.3 Å². The molecule has 0 aliphatic heterocycles. The Labute approximate surface area is 522 Å². The fraction of sp³-hybridized carbons (Fsp3) is 0.892. The molecule has 0 aromatic carbocycles. The molecule has 0 aliphatic carbocycles. The quantitative estimate of drug-likeness (QED) is 0.0211. The number of likely N-dealkylation sites (N-methyl/N-ethyl adjacent to an activating group) is 1. The van der Waals surface area contributed by atoms with Crippen LogP contribution in [0.5, 0.6) is 0 Å². The Balaban J connectivity index is 3.98. The molecule has 0 rings (SSSR count). The fourth-order valence-corrected chi connectivity index (χ4v) is 11.8. The number of carbonyl (C=O) groups excluding carboxylic acids is 2. The molecule has 0 aromatic rings. The van der Waals surface area contributed by atoms with E-state index in [0.29, 0.717) is 23.9 Å². The second kappa shape index (κ2) is 65.7. The van der Waals surface area contributed by atoms with Crippen molar-refractivity contribution in [2.75, 3.05) is 47.5 Å². The Morgan fingerprint density at radius 1 is 0.369 bits per heavy atom. The number of phosphoric ester groups is 1. The van der Waals surface area contributed by atoms with Crippen molar-refractivity contribution in [3.63, 3.8) is 0 Å². The molecule has 0 saturated heterocycles. The van der Waals surface area contributed by atoms with Crippen LogP contribution < -0.4 is 0 Å². The van der Waals surface area contributed by atoms with E-state index in [1.165, 1.54) is 295 Å². The van der Waals surface area contributed by atoms with Gasteiger partial charge < -0.3 is 18.9 Å². The monoisotopic (exact) mass is 1210 g/mol. The van der Waals surface area contributed by atoms with Crippen molar-refractivity contribution in [1.82, 2.24) is 0 Å². The molecule has 0 spiro atoms. The Hall–Kier alpha value is -1.77. The summed E-state index contributed by atoms with van der Waals surface area (Å²) in [6.45, 7) is 4.50. The minimum absolute atomic E-state index is 0.0340. The van der Waals surface area contributed by atoms with Crippen LogP contribution in [0.4, 0.5) is 0 Å². The maximum atomic E-state index is 12.9. The number of allylic oxidation sites excluding steroid dienone is 6. The number of nitrogens with zero attached hydrogens (tertiary/aromatic N) is 1. The summed E-state index contributed by atoms with van der Waals surface area (Å²) in [4.78, 5) is 35.9. The molecule has 496 valence electrons. The SMILES string of the molecule is CCCCCCC/C=C\C/C=C\C/C=C\CCCCCCCCCCCCCCCCC(=O)OC(COC(=O)CCCCCCCCCCCCCCCCCCCCCCCCCCCCCCCCC)COP(=O)(O)OCC[N+](C)(C)C. The van der Waals surface area contributed by atoms with Crippen LogP contribution in [0.2, 0.25) is 0 Å². The first kappa shape index (κ1) is 82.2. The second-order valence-electron chi connectivity index (χ2n) is 26.3. The van der Waals surface area contributed by atoms with Crippen LogP contribution in [0.15, 0.2) is 36.5 Å². The van der Waals surface area contributed by atoms with Crippen LogP contribution in [0, 0.1) is 0 Å². The van der Waals surface area contributed by atoms with Crippen LogP contribution >= 0.6 is 7.82 Å². The summed E-state index contributed by atoms with van der Waals surface area (Å²) < 4.78 is 34.8. The van der Waals surface area contributed by atoms with Gasteiger partial charge in [-0.05, 0) is 51.4 Å². The third kappa shape index (κ3) is 69.3. The number of carbonyl (C=O) groups is 2. The van der Waals surface area contributed by atoms with Gasteiger partial charge in [0.15, 0.2) is 6.10 Å². The van der Waals surface area contributed by atoms with E-state index in [-0.39, 0.29) is 25.6 Å². The molecular formula is C74H143NO8P+. The summed E-state index contributed by atoms with van der Waals surface area (Å²) in [5, 5.41) is 0. The summed E-state index contributed by atoms with van der Waals surface area (Å²) >= 11 is 0. The highest BCUT2D eigenvalue weighted by Crippen LogP contribution is 2.43. The van der Waals surface area contributed by atoms with Crippen LogP contribution in [-0.2, 0) is 32.7 Å². The smallest absolute Gasteiger partial charge is 0.462 e. The lowest BCUT2D eigenvalue weighted by Gasteiger charge is -2.24. The standard InChI is InChI=1S/C74H142NO8P/c1-6-8-10-12-14-16-18-20-22-24-26-28-30-32-34-36-37-39-40-42-44-46-48-50-52-54-56-58-60-62-64-66-73(76)80-70-72(71-82-84(78,79)81-69-68-75(3,4)5)83-74(77)67-65-63-61-59-57-55-53-51-49-47-45-43-41-38-35-33-31-29-27-25-23-21-19-17-15-13-11-9-7-2/h19,21,25,27,31,33,72H,6-18,20,22-24,26,28-30,32,34-71H2,1-5H3/p+1/b21-19-,27-25-,33-31-. The zero-order chi connectivity index (χ0) is 61.2. The predicted molar refractivity (Wildman–Crippen MR) is 363 cm³/mol. The molecular weight excluding hydrogens is 1060 g/mol. The molecule has 0 bridgehead atoms. The van der Waals surface area contributed by atoms with E-state index in [1.54, 1.807) is 0 Å². The van der Waals surface area contributed by atoms with Gasteiger partial charge in [-0.1, -0.05) is 346 Å². The average molecular weight is 1210 g/mol. The van der Waals surface area contributed by atoms with Crippen molar-refractivity contribution in [2.24, 2.45) is 0 Å². The summed E-state index contributed by atoms with van der Waals surface area (Å²) in [7, 11) is 1.50. The number of rotatable bonds is 69. The molecule has 10 heteroatoms.